The fraction of sp³-hybridized carbons (Fsp3) is 0.600. The molecule has 0 amide bonds. The Morgan fingerprint density at radius 1 is 1.00 bits per heavy atom. The number of hydrogen-bond donors (Lipinski definition) is 0. The van der Waals surface area contributed by atoms with Gasteiger partial charge < -0.3 is 4.12 Å². The van der Waals surface area contributed by atoms with Crippen LogP contribution in [0.1, 0.15) is 0 Å². The topological polar surface area (TPSA) is 9.23 Å². The zero-order valence-electron chi connectivity index (χ0n) is 9.55. The molecule has 0 N–H and O–H groups in total. The van der Waals surface area contributed by atoms with Gasteiger partial charge in [0.2, 0.25) is 0 Å². The van der Waals surface area contributed by atoms with Crippen molar-refractivity contribution in [2.45, 2.75) is 38.3 Å². The molecule has 13 heavy (non-hydrogen) atoms. The van der Waals surface area contributed by atoms with Gasteiger partial charge in [0.25, 0.3) is 0 Å². The molecule has 0 spiro atoms. The van der Waals surface area contributed by atoms with Crippen LogP contribution in [0, 0.1) is 0 Å². The van der Waals surface area contributed by atoms with Crippen LogP contribution in [0.5, 0.6) is 0 Å². The van der Waals surface area contributed by atoms with E-state index in [0.717, 1.165) is 0 Å². The Morgan fingerprint density at radius 3 is 1.62 bits per heavy atom. The standard InChI is InChI=1S/C10H22OSi2/c1-8-10(9-2)13(6,7)11-12(3,4)5/h8-10H,1-2H2,3-7H3. The van der Waals surface area contributed by atoms with E-state index in [0.29, 0.717) is 5.54 Å². The van der Waals surface area contributed by atoms with E-state index in [2.05, 4.69) is 45.9 Å². The molecule has 0 heterocycles. The Bertz CT molecular complexity index is 184. The van der Waals surface area contributed by atoms with Crippen molar-refractivity contribution in [1.29, 1.82) is 0 Å². The van der Waals surface area contributed by atoms with Crippen molar-refractivity contribution in [1.82, 2.24) is 0 Å². The van der Waals surface area contributed by atoms with Gasteiger partial charge in [-0.2, -0.15) is 0 Å². The molecule has 1 nitrogen and oxygen atoms in total. The third-order valence-electron chi connectivity index (χ3n) is 1.88. The average Bonchev–Trinajstić information content (AvgIpc) is 1.83. The molecule has 0 unspecified atom stereocenters. The maximum atomic E-state index is 6.20. The average molecular weight is 214 g/mol. The normalized spacial score (nSPS) is 13.1. The summed E-state index contributed by atoms with van der Waals surface area (Å²) < 4.78 is 6.20. The Kier molecular flexibility index (Phi) is 4.35. The second-order valence-corrected chi connectivity index (χ2v) is 13.7. The molecule has 0 atom stereocenters. The first-order chi connectivity index (χ1) is 5.73. The highest BCUT2D eigenvalue weighted by Gasteiger charge is 2.34. The fourth-order valence-electron chi connectivity index (χ4n) is 1.52. The second-order valence-electron chi connectivity index (χ2n) is 4.82. The summed E-state index contributed by atoms with van der Waals surface area (Å²) in [5.74, 6) is 0. The van der Waals surface area contributed by atoms with Gasteiger partial charge in [0.15, 0.2) is 16.6 Å². The minimum atomic E-state index is -1.64. The van der Waals surface area contributed by atoms with E-state index in [-0.39, 0.29) is 0 Å². The van der Waals surface area contributed by atoms with Crippen LogP contribution >= 0.6 is 0 Å². The smallest absolute Gasteiger partial charge is 0.184 e. The molecule has 0 aromatic rings. The van der Waals surface area contributed by atoms with E-state index in [4.69, 9.17) is 4.12 Å². The monoisotopic (exact) mass is 214 g/mol. The molecule has 0 bridgehead atoms. The van der Waals surface area contributed by atoms with Crippen LogP contribution in [0.25, 0.3) is 0 Å². The van der Waals surface area contributed by atoms with Crippen LogP contribution in [0.3, 0.4) is 0 Å². The number of allylic oxidation sites excluding steroid dienone is 2. The minimum absolute atomic E-state index is 0.360. The highest BCUT2D eigenvalue weighted by atomic mass is 28.4. The van der Waals surface area contributed by atoms with Crippen molar-refractivity contribution in [3.8, 4) is 0 Å². The third-order valence-corrected chi connectivity index (χ3v) is 8.51. The summed E-state index contributed by atoms with van der Waals surface area (Å²) in [4.78, 5) is 0. The van der Waals surface area contributed by atoms with E-state index >= 15 is 0 Å². The predicted octanol–water partition coefficient (Wildman–Crippen LogP) is 3.79. The third kappa shape index (κ3) is 4.59. The quantitative estimate of drug-likeness (QED) is 0.500. The van der Waals surface area contributed by atoms with Crippen LogP contribution in [0.4, 0.5) is 0 Å². The SMILES string of the molecule is C=CC(C=C)[Si](C)(C)O[Si](C)(C)C. The Balaban J connectivity index is 4.54. The van der Waals surface area contributed by atoms with Crippen LogP contribution in [0.2, 0.25) is 38.3 Å². The van der Waals surface area contributed by atoms with Crippen molar-refractivity contribution in [2.24, 2.45) is 0 Å². The zero-order chi connectivity index (χ0) is 10.7. The molecule has 0 saturated heterocycles. The molecule has 0 aliphatic rings. The second kappa shape index (κ2) is 4.39. The van der Waals surface area contributed by atoms with Gasteiger partial charge in [0.1, 0.15) is 0 Å². The Labute approximate surface area is 84.8 Å². The van der Waals surface area contributed by atoms with Crippen LogP contribution in [-0.4, -0.2) is 16.6 Å². The Hall–Kier alpha value is -0.126. The van der Waals surface area contributed by atoms with Crippen molar-refractivity contribution in [2.75, 3.05) is 0 Å². The lowest BCUT2D eigenvalue weighted by molar-refractivity contribution is 0.545. The first-order valence-electron chi connectivity index (χ1n) is 4.68. The molecular formula is C10H22OSi2. The lowest BCUT2D eigenvalue weighted by Gasteiger charge is -2.35. The minimum Gasteiger partial charge on any atom is -0.455 e. The summed E-state index contributed by atoms with van der Waals surface area (Å²) in [6, 6.07) is 0. The lowest BCUT2D eigenvalue weighted by atomic mass is 10.4. The Morgan fingerprint density at radius 2 is 1.38 bits per heavy atom. The molecular weight excluding hydrogens is 192 g/mol. The van der Waals surface area contributed by atoms with Gasteiger partial charge >= 0.3 is 0 Å². The summed E-state index contributed by atoms with van der Waals surface area (Å²) in [5, 5.41) is 0. The van der Waals surface area contributed by atoms with Crippen LogP contribution in [-0.2, 0) is 4.12 Å². The highest BCUT2D eigenvalue weighted by Crippen LogP contribution is 2.28. The molecule has 76 valence electrons. The fourth-order valence-corrected chi connectivity index (χ4v) is 9.51. The predicted molar refractivity (Wildman–Crippen MR) is 66.1 cm³/mol. The van der Waals surface area contributed by atoms with E-state index in [9.17, 15) is 0 Å². The molecule has 3 heteroatoms. The van der Waals surface area contributed by atoms with Gasteiger partial charge in [-0.3, -0.25) is 0 Å². The summed E-state index contributed by atoms with van der Waals surface area (Å²) in [7, 11) is -3.06. The van der Waals surface area contributed by atoms with Gasteiger partial charge in [-0.15, -0.1) is 13.2 Å². The van der Waals surface area contributed by atoms with E-state index < -0.39 is 16.6 Å². The molecule has 0 aliphatic carbocycles. The van der Waals surface area contributed by atoms with Gasteiger partial charge in [-0.05, 0) is 32.7 Å². The largest absolute Gasteiger partial charge is 0.455 e. The first kappa shape index (κ1) is 12.9. The van der Waals surface area contributed by atoms with E-state index in [1.54, 1.807) is 0 Å². The summed E-state index contributed by atoms with van der Waals surface area (Å²) in [5.41, 5.74) is 0.360. The lowest BCUT2D eigenvalue weighted by Crippen LogP contribution is -2.44. The summed E-state index contributed by atoms with van der Waals surface area (Å²) in [6.45, 7) is 18.8. The van der Waals surface area contributed by atoms with E-state index in [1.807, 2.05) is 12.2 Å². The van der Waals surface area contributed by atoms with Gasteiger partial charge in [0, 0.05) is 5.54 Å². The number of hydrogen-bond acceptors (Lipinski definition) is 1. The number of rotatable bonds is 5. The van der Waals surface area contributed by atoms with Crippen molar-refractivity contribution in [3.63, 3.8) is 0 Å². The van der Waals surface area contributed by atoms with Crippen molar-refractivity contribution < 1.29 is 4.12 Å². The molecule has 0 aliphatic heterocycles. The maximum absolute atomic E-state index is 6.20. The first-order valence-corrected chi connectivity index (χ1v) is 11.1. The molecule has 0 aromatic heterocycles. The van der Waals surface area contributed by atoms with E-state index in [1.165, 1.54) is 0 Å². The zero-order valence-corrected chi connectivity index (χ0v) is 11.6. The highest BCUT2D eigenvalue weighted by molar-refractivity contribution is 6.85. The maximum Gasteiger partial charge on any atom is 0.184 e. The molecule has 0 radical (unpaired) electrons. The van der Waals surface area contributed by atoms with Gasteiger partial charge in [-0.1, -0.05) is 12.2 Å². The van der Waals surface area contributed by atoms with Crippen molar-refractivity contribution >= 4 is 16.6 Å². The van der Waals surface area contributed by atoms with Gasteiger partial charge in [-0.25, -0.2) is 0 Å². The summed E-state index contributed by atoms with van der Waals surface area (Å²) in [6.07, 6.45) is 3.92. The molecule has 0 rings (SSSR count). The van der Waals surface area contributed by atoms with Crippen LogP contribution in [0.15, 0.2) is 25.3 Å². The molecule has 0 fully saturated rings. The molecule has 0 aromatic carbocycles. The molecule has 0 saturated carbocycles. The van der Waals surface area contributed by atoms with Crippen molar-refractivity contribution in [3.05, 3.63) is 25.3 Å². The van der Waals surface area contributed by atoms with Crippen LogP contribution < -0.4 is 0 Å². The summed E-state index contributed by atoms with van der Waals surface area (Å²) >= 11 is 0. The van der Waals surface area contributed by atoms with Gasteiger partial charge in [0.05, 0.1) is 0 Å².